The Bertz CT molecular complexity index is 1510. The number of aromatic nitrogens is 2. The lowest BCUT2D eigenvalue weighted by atomic mass is 10.0. The summed E-state index contributed by atoms with van der Waals surface area (Å²) in [6.45, 7) is 2.17. The Hall–Kier alpha value is -3.54. The second-order valence-corrected chi connectivity index (χ2v) is 9.99. The van der Waals surface area contributed by atoms with Gasteiger partial charge in [-0.3, -0.25) is 0 Å². The third-order valence-corrected chi connectivity index (χ3v) is 7.58. The molecule has 5 aromatic rings. The minimum Gasteiger partial charge on any atom is -0.223 e. The molecule has 6 heteroatoms. The third-order valence-electron chi connectivity index (χ3n) is 6.38. The number of hydrazone groups is 1. The molecule has 0 fully saturated rings. The zero-order valence-electron chi connectivity index (χ0n) is 19.2. The van der Waals surface area contributed by atoms with E-state index in [-0.39, 0.29) is 6.04 Å². The van der Waals surface area contributed by atoms with Crippen LogP contribution >= 0.6 is 22.9 Å². The van der Waals surface area contributed by atoms with Gasteiger partial charge in [-0.1, -0.05) is 79.2 Å². The molecule has 0 radical (unpaired) electrons. The third kappa shape index (κ3) is 4.22. The average molecular weight is 495 g/mol. The van der Waals surface area contributed by atoms with Gasteiger partial charge in [-0.05, 0) is 47.2 Å². The molecule has 1 atom stereocenters. The van der Waals surface area contributed by atoms with E-state index in [4.69, 9.17) is 26.7 Å². The molecule has 0 saturated carbocycles. The van der Waals surface area contributed by atoms with Crippen LogP contribution in [0.15, 0.2) is 95.4 Å². The zero-order chi connectivity index (χ0) is 23.8. The molecule has 1 aliphatic heterocycles. The van der Waals surface area contributed by atoms with Gasteiger partial charge in [0.05, 0.1) is 23.0 Å². The Morgan fingerprint density at radius 2 is 1.74 bits per heavy atom. The Morgan fingerprint density at radius 3 is 2.49 bits per heavy atom. The molecule has 1 aliphatic rings. The molecule has 0 saturated heterocycles. The minimum absolute atomic E-state index is 0.0456. The SMILES string of the molecule is CCc1ccc(C2=NN(c3nc(-c4ccccc4)c4cc(Cl)ccc4n3)[C@@H](c3cccs3)C2)cc1. The maximum absolute atomic E-state index is 6.36. The summed E-state index contributed by atoms with van der Waals surface area (Å²) in [5, 5.41) is 10.8. The van der Waals surface area contributed by atoms with E-state index in [2.05, 4.69) is 60.8 Å². The van der Waals surface area contributed by atoms with E-state index < -0.39 is 0 Å². The summed E-state index contributed by atoms with van der Waals surface area (Å²) in [4.78, 5) is 11.3. The van der Waals surface area contributed by atoms with Crippen LogP contribution in [-0.2, 0) is 6.42 Å². The van der Waals surface area contributed by atoms with E-state index in [0.29, 0.717) is 11.0 Å². The molecule has 0 unspecified atom stereocenters. The van der Waals surface area contributed by atoms with E-state index >= 15 is 0 Å². The van der Waals surface area contributed by atoms with Gasteiger partial charge >= 0.3 is 0 Å². The second-order valence-electron chi connectivity index (χ2n) is 8.58. The number of fused-ring (bicyclic) bond motifs is 1. The molecule has 2 aromatic heterocycles. The number of thiophene rings is 1. The van der Waals surface area contributed by atoms with Gasteiger partial charge in [0.2, 0.25) is 5.95 Å². The standard InChI is InChI=1S/C29H23ClN4S/c1-2-19-10-12-20(13-11-19)25-18-26(27-9-6-16-35-27)34(33-25)29-31-24-15-14-22(30)17-23(24)28(32-29)21-7-4-3-5-8-21/h3-17,26H,2,18H2,1H3/t26-/m1/s1. The van der Waals surface area contributed by atoms with Crippen LogP contribution in [0.2, 0.25) is 5.02 Å². The normalized spacial score (nSPS) is 15.5. The Kier molecular flexibility index (Phi) is 5.80. The van der Waals surface area contributed by atoms with Gasteiger partial charge < -0.3 is 0 Å². The predicted molar refractivity (Wildman–Crippen MR) is 146 cm³/mol. The molecule has 0 spiro atoms. The molecule has 3 aromatic carbocycles. The van der Waals surface area contributed by atoms with Gasteiger partial charge in [0.25, 0.3) is 0 Å². The highest BCUT2D eigenvalue weighted by Crippen LogP contribution is 2.39. The molecular formula is C29H23ClN4S. The molecular weight excluding hydrogens is 472 g/mol. The number of hydrogen-bond donors (Lipinski definition) is 0. The van der Waals surface area contributed by atoms with Crippen molar-refractivity contribution >= 4 is 45.5 Å². The first kappa shape index (κ1) is 22.0. The van der Waals surface area contributed by atoms with Crippen molar-refractivity contribution < 1.29 is 0 Å². The Labute approximate surface area is 213 Å². The number of benzene rings is 3. The highest BCUT2D eigenvalue weighted by atomic mass is 35.5. The van der Waals surface area contributed by atoms with Crippen LogP contribution in [0, 0.1) is 0 Å². The maximum atomic E-state index is 6.36. The van der Waals surface area contributed by atoms with E-state index in [9.17, 15) is 0 Å². The maximum Gasteiger partial charge on any atom is 0.247 e. The van der Waals surface area contributed by atoms with Crippen molar-refractivity contribution in [2.45, 2.75) is 25.8 Å². The van der Waals surface area contributed by atoms with Gasteiger partial charge in [-0.2, -0.15) is 5.10 Å². The molecule has 0 N–H and O–H groups in total. The van der Waals surface area contributed by atoms with Crippen LogP contribution in [-0.4, -0.2) is 15.7 Å². The molecule has 35 heavy (non-hydrogen) atoms. The van der Waals surface area contributed by atoms with E-state index in [1.807, 2.05) is 41.4 Å². The van der Waals surface area contributed by atoms with E-state index in [1.54, 1.807) is 11.3 Å². The van der Waals surface area contributed by atoms with Gasteiger partial charge in [0.15, 0.2) is 0 Å². The van der Waals surface area contributed by atoms with E-state index in [0.717, 1.165) is 46.3 Å². The van der Waals surface area contributed by atoms with Crippen molar-refractivity contribution in [3.63, 3.8) is 0 Å². The second kappa shape index (κ2) is 9.25. The quantitative estimate of drug-likeness (QED) is 0.249. The van der Waals surface area contributed by atoms with Crippen LogP contribution < -0.4 is 5.01 Å². The number of rotatable bonds is 5. The fraction of sp³-hybridized carbons (Fsp3) is 0.138. The lowest BCUT2D eigenvalue weighted by Crippen LogP contribution is -2.20. The lowest BCUT2D eigenvalue weighted by molar-refractivity contribution is 0.700. The summed E-state index contributed by atoms with van der Waals surface area (Å²) >= 11 is 8.10. The topological polar surface area (TPSA) is 41.4 Å². The van der Waals surface area contributed by atoms with Crippen molar-refractivity contribution in [3.05, 3.63) is 111 Å². The van der Waals surface area contributed by atoms with Crippen LogP contribution in [0.1, 0.15) is 35.4 Å². The number of nitrogens with zero attached hydrogens (tertiary/aromatic N) is 4. The monoisotopic (exact) mass is 494 g/mol. The molecule has 3 heterocycles. The summed E-state index contributed by atoms with van der Waals surface area (Å²) in [7, 11) is 0. The summed E-state index contributed by atoms with van der Waals surface area (Å²) in [6, 6.07) is 29.0. The number of aryl methyl sites for hydroxylation is 1. The summed E-state index contributed by atoms with van der Waals surface area (Å²) in [6.07, 6.45) is 1.82. The van der Waals surface area contributed by atoms with Crippen molar-refractivity contribution in [2.75, 3.05) is 5.01 Å². The average Bonchev–Trinajstić information content (AvgIpc) is 3.59. The molecule has 0 bridgehead atoms. The molecule has 6 rings (SSSR count). The van der Waals surface area contributed by atoms with Crippen molar-refractivity contribution in [1.29, 1.82) is 0 Å². The molecule has 0 aliphatic carbocycles. The smallest absolute Gasteiger partial charge is 0.223 e. The first-order valence-corrected chi connectivity index (χ1v) is 13.0. The summed E-state index contributed by atoms with van der Waals surface area (Å²) in [5.74, 6) is 0.595. The van der Waals surface area contributed by atoms with Crippen LogP contribution in [0.3, 0.4) is 0 Å². The molecule has 0 amide bonds. The van der Waals surface area contributed by atoms with Gasteiger partial charge in [0, 0.05) is 27.3 Å². The van der Waals surface area contributed by atoms with E-state index in [1.165, 1.54) is 10.4 Å². The largest absolute Gasteiger partial charge is 0.247 e. The summed E-state index contributed by atoms with van der Waals surface area (Å²) in [5.41, 5.74) is 6.24. The summed E-state index contributed by atoms with van der Waals surface area (Å²) < 4.78 is 0. The number of halogens is 1. The zero-order valence-corrected chi connectivity index (χ0v) is 20.8. The fourth-order valence-electron chi connectivity index (χ4n) is 4.51. The highest BCUT2D eigenvalue weighted by molar-refractivity contribution is 7.10. The van der Waals surface area contributed by atoms with Gasteiger partial charge in [0.1, 0.15) is 0 Å². The number of hydrogen-bond acceptors (Lipinski definition) is 5. The van der Waals surface area contributed by atoms with Gasteiger partial charge in [-0.15, -0.1) is 11.3 Å². The molecule has 172 valence electrons. The Balaban J connectivity index is 1.51. The minimum atomic E-state index is 0.0456. The number of anilines is 1. The van der Waals surface area contributed by atoms with Crippen LogP contribution in [0.25, 0.3) is 22.2 Å². The molecule has 4 nitrogen and oxygen atoms in total. The van der Waals surface area contributed by atoms with Crippen molar-refractivity contribution in [3.8, 4) is 11.3 Å². The first-order valence-electron chi connectivity index (χ1n) is 11.7. The lowest BCUT2D eigenvalue weighted by Gasteiger charge is -2.21. The highest BCUT2D eigenvalue weighted by Gasteiger charge is 2.33. The first-order chi connectivity index (χ1) is 17.2. The van der Waals surface area contributed by atoms with Crippen molar-refractivity contribution in [2.24, 2.45) is 5.10 Å². The van der Waals surface area contributed by atoms with Gasteiger partial charge in [-0.25, -0.2) is 15.0 Å². The van der Waals surface area contributed by atoms with Crippen molar-refractivity contribution in [1.82, 2.24) is 9.97 Å². The Morgan fingerprint density at radius 1 is 0.914 bits per heavy atom. The van der Waals surface area contributed by atoms with Crippen LogP contribution in [0.5, 0.6) is 0 Å². The van der Waals surface area contributed by atoms with Crippen LogP contribution in [0.4, 0.5) is 5.95 Å². The fourth-order valence-corrected chi connectivity index (χ4v) is 5.50. The predicted octanol–water partition coefficient (Wildman–Crippen LogP) is 7.93.